The Morgan fingerprint density at radius 1 is 1.44 bits per heavy atom. The van der Waals surface area contributed by atoms with Crippen LogP contribution in [0, 0.1) is 11.3 Å². The third-order valence-corrected chi connectivity index (χ3v) is 2.57. The Hall–Kier alpha value is -2.02. The minimum atomic E-state index is 0.275. The zero-order valence-corrected chi connectivity index (χ0v) is 10.6. The number of aromatic nitrogens is 1. The zero-order chi connectivity index (χ0) is 13.0. The Balaban J connectivity index is 2.10. The predicted octanol–water partition coefficient (Wildman–Crippen LogP) is 3.63. The van der Waals surface area contributed by atoms with Crippen molar-refractivity contribution in [2.24, 2.45) is 0 Å². The lowest BCUT2D eigenvalue weighted by Gasteiger charge is -2.03. The first-order valence-electron chi connectivity index (χ1n) is 6.11. The number of fused-ring (bicyclic) bond motifs is 1. The first-order valence-corrected chi connectivity index (χ1v) is 6.11. The van der Waals surface area contributed by atoms with Crippen LogP contribution in [0.1, 0.15) is 38.5 Å². The van der Waals surface area contributed by atoms with E-state index in [2.05, 4.69) is 11.1 Å². The van der Waals surface area contributed by atoms with Crippen LogP contribution in [-0.2, 0) is 0 Å². The molecule has 4 nitrogen and oxygen atoms in total. The van der Waals surface area contributed by atoms with Crippen molar-refractivity contribution in [3.05, 3.63) is 24.1 Å². The van der Waals surface area contributed by atoms with E-state index in [1.165, 1.54) is 0 Å². The van der Waals surface area contributed by atoms with Crippen LogP contribution in [0.2, 0.25) is 0 Å². The summed E-state index contributed by atoms with van der Waals surface area (Å²) in [6.07, 6.45) is 1.25. The van der Waals surface area contributed by atoms with Crippen LogP contribution in [0.4, 0.5) is 0 Å². The smallest absolute Gasteiger partial charge is 0.198 e. The maximum atomic E-state index is 8.43. The molecule has 0 N–H and O–H groups in total. The van der Waals surface area contributed by atoms with E-state index >= 15 is 0 Å². The van der Waals surface area contributed by atoms with Crippen molar-refractivity contribution in [2.45, 2.75) is 32.6 Å². The van der Waals surface area contributed by atoms with Crippen LogP contribution in [0.25, 0.3) is 11.1 Å². The molecular formula is C14H16N2O2. The number of ether oxygens (including phenoxy) is 1. The molecule has 0 unspecified atom stereocenters. The number of oxazole rings is 1. The van der Waals surface area contributed by atoms with Crippen molar-refractivity contribution in [1.29, 1.82) is 5.26 Å². The number of hydrogen-bond acceptors (Lipinski definition) is 4. The van der Waals surface area contributed by atoms with Gasteiger partial charge in [-0.1, -0.05) is 13.8 Å². The molecule has 2 aromatic rings. The number of benzene rings is 1. The van der Waals surface area contributed by atoms with E-state index in [1.807, 2.05) is 32.0 Å². The number of unbranched alkanes of at least 4 members (excludes halogenated alkanes) is 1. The van der Waals surface area contributed by atoms with E-state index in [-0.39, 0.29) is 5.92 Å². The van der Waals surface area contributed by atoms with Gasteiger partial charge in [0, 0.05) is 18.4 Å². The largest absolute Gasteiger partial charge is 0.493 e. The van der Waals surface area contributed by atoms with Crippen LogP contribution >= 0.6 is 0 Å². The van der Waals surface area contributed by atoms with E-state index in [4.69, 9.17) is 14.4 Å². The van der Waals surface area contributed by atoms with Crippen molar-refractivity contribution < 1.29 is 9.15 Å². The molecule has 0 atom stereocenters. The van der Waals surface area contributed by atoms with Gasteiger partial charge < -0.3 is 9.15 Å². The lowest BCUT2D eigenvalue weighted by molar-refractivity contribution is 0.312. The Morgan fingerprint density at radius 2 is 2.28 bits per heavy atom. The molecule has 0 bridgehead atoms. The first-order chi connectivity index (χ1) is 8.70. The fourth-order valence-electron chi connectivity index (χ4n) is 1.60. The van der Waals surface area contributed by atoms with Crippen LogP contribution < -0.4 is 4.74 Å². The Morgan fingerprint density at radius 3 is 3.00 bits per heavy atom. The van der Waals surface area contributed by atoms with Crippen LogP contribution in [0.3, 0.4) is 0 Å². The minimum absolute atomic E-state index is 0.275. The van der Waals surface area contributed by atoms with E-state index < -0.39 is 0 Å². The second-order valence-electron chi connectivity index (χ2n) is 4.45. The maximum Gasteiger partial charge on any atom is 0.198 e. The van der Waals surface area contributed by atoms with E-state index in [1.54, 1.807) is 0 Å². The average molecular weight is 244 g/mol. The molecule has 0 saturated heterocycles. The molecule has 0 aliphatic carbocycles. The zero-order valence-electron chi connectivity index (χ0n) is 10.6. The summed E-state index contributed by atoms with van der Waals surface area (Å²) in [6.45, 7) is 4.64. The third-order valence-electron chi connectivity index (χ3n) is 2.57. The minimum Gasteiger partial charge on any atom is -0.493 e. The van der Waals surface area contributed by atoms with Gasteiger partial charge in [-0.25, -0.2) is 4.98 Å². The molecule has 4 heteroatoms. The summed E-state index contributed by atoms with van der Waals surface area (Å²) in [7, 11) is 0. The normalized spacial score (nSPS) is 10.8. The van der Waals surface area contributed by atoms with Gasteiger partial charge in [-0.05, 0) is 18.6 Å². The summed E-state index contributed by atoms with van der Waals surface area (Å²) in [5.41, 5.74) is 1.60. The standard InChI is InChI=1S/C14H16N2O2/c1-10(2)14-16-12-6-5-11(9-13(12)18-14)17-8-4-3-7-15/h5-6,9-10H,3-4,8H2,1-2H3. The molecule has 94 valence electrons. The molecule has 1 aromatic heterocycles. The summed E-state index contributed by atoms with van der Waals surface area (Å²) in [5.74, 6) is 1.77. The fraction of sp³-hybridized carbons (Fsp3) is 0.429. The van der Waals surface area contributed by atoms with Crippen molar-refractivity contribution in [3.63, 3.8) is 0 Å². The number of hydrogen-bond donors (Lipinski definition) is 0. The molecule has 0 aliphatic rings. The third kappa shape index (κ3) is 2.80. The summed E-state index contributed by atoms with van der Waals surface area (Å²) in [4.78, 5) is 4.40. The van der Waals surface area contributed by atoms with Gasteiger partial charge in [-0.3, -0.25) is 0 Å². The second-order valence-corrected chi connectivity index (χ2v) is 4.45. The highest BCUT2D eigenvalue weighted by atomic mass is 16.5. The number of nitrogens with zero attached hydrogens (tertiary/aromatic N) is 2. The molecule has 0 radical (unpaired) electrons. The molecule has 0 fully saturated rings. The van der Waals surface area contributed by atoms with E-state index in [0.29, 0.717) is 13.0 Å². The lowest BCUT2D eigenvalue weighted by Crippen LogP contribution is -1.96. The second kappa shape index (κ2) is 5.54. The van der Waals surface area contributed by atoms with Crippen LogP contribution in [-0.4, -0.2) is 11.6 Å². The quantitative estimate of drug-likeness (QED) is 0.753. The highest BCUT2D eigenvalue weighted by Crippen LogP contribution is 2.24. The molecule has 0 spiro atoms. The predicted molar refractivity (Wildman–Crippen MR) is 68.4 cm³/mol. The fourth-order valence-corrected chi connectivity index (χ4v) is 1.60. The molecule has 0 saturated carbocycles. The van der Waals surface area contributed by atoms with Crippen molar-refractivity contribution in [2.75, 3.05) is 6.61 Å². The first kappa shape index (κ1) is 12.4. The summed E-state index contributed by atoms with van der Waals surface area (Å²) in [5, 5.41) is 8.43. The summed E-state index contributed by atoms with van der Waals surface area (Å²) >= 11 is 0. The van der Waals surface area contributed by atoms with Gasteiger partial charge >= 0.3 is 0 Å². The van der Waals surface area contributed by atoms with Crippen LogP contribution in [0.5, 0.6) is 5.75 Å². The maximum absolute atomic E-state index is 8.43. The topological polar surface area (TPSA) is 59.0 Å². The number of rotatable bonds is 5. The van der Waals surface area contributed by atoms with Gasteiger partial charge in [0.15, 0.2) is 11.5 Å². The molecular weight excluding hydrogens is 228 g/mol. The molecule has 1 aromatic carbocycles. The van der Waals surface area contributed by atoms with Gasteiger partial charge in [0.25, 0.3) is 0 Å². The van der Waals surface area contributed by atoms with Crippen molar-refractivity contribution >= 4 is 11.1 Å². The highest BCUT2D eigenvalue weighted by molar-refractivity contribution is 5.74. The van der Waals surface area contributed by atoms with E-state index in [9.17, 15) is 0 Å². The molecule has 2 rings (SSSR count). The monoisotopic (exact) mass is 244 g/mol. The Labute approximate surface area is 106 Å². The summed E-state index contributed by atoms with van der Waals surface area (Å²) < 4.78 is 11.2. The molecule has 0 amide bonds. The molecule has 0 aliphatic heterocycles. The van der Waals surface area contributed by atoms with Gasteiger partial charge in [-0.2, -0.15) is 5.26 Å². The number of nitriles is 1. The highest BCUT2D eigenvalue weighted by Gasteiger charge is 2.09. The lowest BCUT2D eigenvalue weighted by atomic mass is 10.2. The summed E-state index contributed by atoms with van der Waals surface area (Å²) in [6, 6.07) is 7.71. The van der Waals surface area contributed by atoms with Gasteiger partial charge in [0.2, 0.25) is 0 Å². The Bertz CT molecular complexity index is 567. The van der Waals surface area contributed by atoms with Crippen molar-refractivity contribution in [3.8, 4) is 11.8 Å². The van der Waals surface area contributed by atoms with Crippen molar-refractivity contribution in [1.82, 2.24) is 4.98 Å². The average Bonchev–Trinajstić information content (AvgIpc) is 2.78. The SMILES string of the molecule is CC(C)c1nc2ccc(OCCCC#N)cc2o1. The molecule has 1 heterocycles. The van der Waals surface area contributed by atoms with Gasteiger partial charge in [-0.15, -0.1) is 0 Å². The Kier molecular flexibility index (Phi) is 3.83. The van der Waals surface area contributed by atoms with Crippen LogP contribution in [0.15, 0.2) is 22.6 Å². The van der Waals surface area contributed by atoms with Gasteiger partial charge in [0.1, 0.15) is 11.3 Å². The van der Waals surface area contributed by atoms with E-state index in [0.717, 1.165) is 29.2 Å². The van der Waals surface area contributed by atoms with Gasteiger partial charge in [0.05, 0.1) is 12.7 Å². The molecule has 18 heavy (non-hydrogen) atoms.